The van der Waals surface area contributed by atoms with Crippen molar-refractivity contribution in [3.8, 4) is 11.3 Å². The van der Waals surface area contributed by atoms with Crippen molar-refractivity contribution in [3.63, 3.8) is 0 Å². The Kier molecular flexibility index (Phi) is 2.73. The van der Waals surface area contributed by atoms with Crippen LogP contribution in [0.2, 0.25) is 0 Å². The fourth-order valence-corrected chi connectivity index (χ4v) is 3.35. The van der Waals surface area contributed by atoms with E-state index in [0.29, 0.717) is 16.8 Å². The Balaban J connectivity index is 2.45. The second kappa shape index (κ2) is 6.54. The first kappa shape index (κ1) is 10.9. The summed E-state index contributed by atoms with van der Waals surface area (Å²) in [6.45, 7) is 3.89. The van der Waals surface area contributed by atoms with E-state index in [4.69, 9.17) is 11.0 Å². The number of benzene rings is 2. The van der Waals surface area contributed by atoms with Crippen LogP contribution in [0, 0.1) is 13.8 Å². The van der Waals surface area contributed by atoms with Crippen LogP contribution in [0.1, 0.15) is 73.6 Å². The number of hydrogen-bond donors (Lipinski definition) is 0. The van der Waals surface area contributed by atoms with E-state index in [1.165, 1.54) is 12.1 Å². The average molecular weight is 355 g/mol. The topological polar surface area (TPSA) is 3.88 Å². The lowest BCUT2D eigenvalue weighted by molar-refractivity contribution is -0.659. The molecule has 0 atom stereocenters. The molecule has 0 bridgehead atoms. The molecule has 1 aromatic heterocycles. The van der Waals surface area contributed by atoms with Gasteiger partial charge in [0.05, 0.1) is 10.9 Å². The van der Waals surface area contributed by atoms with Crippen molar-refractivity contribution in [1.29, 1.82) is 0 Å². The zero-order valence-corrected chi connectivity index (χ0v) is 16.4. The Hall–Kier alpha value is -2.15. The van der Waals surface area contributed by atoms with Gasteiger partial charge in [-0.3, -0.25) is 0 Å². The minimum atomic E-state index is -3.07. The van der Waals surface area contributed by atoms with Crippen molar-refractivity contribution in [3.05, 3.63) is 64.8 Å². The van der Waals surface area contributed by atoms with E-state index < -0.39 is 19.6 Å². The minimum absolute atomic E-state index is 0.0781. The summed E-state index contributed by atoms with van der Waals surface area (Å²) < 4.78 is 66.5. The van der Waals surface area contributed by atoms with Crippen molar-refractivity contribution in [2.75, 3.05) is 0 Å². The number of aryl methyl sites for hydroxylation is 1. The molecule has 0 aliphatic rings. The fraction of sp³-hybridized carbons (Fsp3) is 0.400. The normalized spacial score (nSPS) is 18.1. The zero-order chi connectivity index (χ0) is 26.0. The highest BCUT2D eigenvalue weighted by Gasteiger charge is 2.21. The fourth-order valence-electron chi connectivity index (χ4n) is 3.35. The molecule has 0 aliphatic heterocycles. The molecule has 0 saturated heterocycles. The summed E-state index contributed by atoms with van der Waals surface area (Å²) in [6, 6.07) is 10.9. The van der Waals surface area contributed by atoms with Gasteiger partial charge in [0.2, 0.25) is 5.69 Å². The van der Waals surface area contributed by atoms with Crippen LogP contribution in [0.25, 0.3) is 22.0 Å². The van der Waals surface area contributed by atoms with Crippen LogP contribution in [0.5, 0.6) is 0 Å². The van der Waals surface area contributed by atoms with Crippen molar-refractivity contribution in [2.45, 2.75) is 59.6 Å². The maximum absolute atomic E-state index is 8.68. The summed E-state index contributed by atoms with van der Waals surface area (Å²) in [7, 11) is 1.76. The smallest absolute Gasteiger partial charge is 0.200 e. The first-order chi connectivity index (χ1) is 15.3. The number of aromatic nitrogens is 1. The summed E-state index contributed by atoms with van der Waals surface area (Å²) in [6.07, 6.45) is 0.264. The SMILES string of the molecule is [2H]c1cc2cc(C(C)(C)C)ccc2c(-c2cc(C([2H])(C([2H])([2H])[2H])C([2H])([2H])[2H])cc(C)c2C)[n+]1C. The standard InChI is InChI=1S/C25H32N/c1-16(2)20-13-17(3)18(4)23(15-20)24-22-10-9-21(25(5,6)7)14-19(22)11-12-26(24)8/h9-16H,1-8H3/q+1/i1D3,2D3,12D,16D. The largest absolute Gasteiger partial charge is 0.220 e. The van der Waals surface area contributed by atoms with E-state index in [1.807, 2.05) is 19.1 Å². The minimum Gasteiger partial charge on any atom is -0.200 e. The van der Waals surface area contributed by atoms with Gasteiger partial charge >= 0.3 is 0 Å². The van der Waals surface area contributed by atoms with Gasteiger partial charge < -0.3 is 0 Å². The summed E-state index contributed by atoms with van der Waals surface area (Å²) >= 11 is 0. The van der Waals surface area contributed by atoms with Gasteiger partial charge in [0.25, 0.3) is 0 Å². The second-order valence-electron chi connectivity index (χ2n) is 8.07. The van der Waals surface area contributed by atoms with Crippen LogP contribution in [-0.4, -0.2) is 0 Å². The van der Waals surface area contributed by atoms with Crippen LogP contribution in [0.4, 0.5) is 0 Å². The number of hydrogen-bond acceptors (Lipinski definition) is 0. The third-order valence-corrected chi connectivity index (χ3v) is 5.13. The monoisotopic (exact) mass is 354 g/mol. The molecule has 2 aromatic carbocycles. The molecule has 0 spiro atoms. The molecule has 0 saturated carbocycles. The Morgan fingerprint density at radius 3 is 2.46 bits per heavy atom. The molecule has 0 fully saturated rings. The summed E-state index contributed by atoms with van der Waals surface area (Å²) in [5.74, 6) is -2.79. The predicted octanol–water partition coefficient (Wildman–Crippen LogP) is 6.37. The average Bonchev–Trinajstić information content (AvgIpc) is 2.68. The maximum atomic E-state index is 8.68. The van der Waals surface area contributed by atoms with E-state index in [9.17, 15) is 0 Å². The van der Waals surface area contributed by atoms with Crippen LogP contribution in [0.3, 0.4) is 0 Å². The highest BCUT2D eigenvalue weighted by molar-refractivity contribution is 5.94. The number of pyridine rings is 1. The lowest BCUT2D eigenvalue weighted by atomic mass is 9.85. The van der Waals surface area contributed by atoms with E-state index >= 15 is 0 Å². The maximum Gasteiger partial charge on any atom is 0.220 e. The van der Waals surface area contributed by atoms with Gasteiger partial charge in [-0.05, 0) is 64.9 Å². The van der Waals surface area contributed by atoms with Crippen molar-refractivity contribution < 1.29 is 15.5 Å². The number of nitrogens with zero attached hydrogens (tertiary/aromatic N) is 1. The molecular weight excluding hydrogens is 314 g/mol. The van der Waals surface area contributed by atoms with Crippen LogP contribution in [-0.2, 0) is 12.5 Å². The molecule has 0 N–H and O–H groups in total. The van der Waals surface area contributed by atoms with Gasteiger partial charge in [-0.15, -0.1) is 0 Å². The lowest BCUT2D eigenvalue weighted by Crippen LogP contribution is -2.31. The third kappa shape index (κ3) is 3.28. The Morgan fingerprint density at radius 2 is 1.81 bits per heavy atom. The molecule has 0 radical (unpaired) electrons. The van der Waals surface area contributed by atoms with E-state index in [2.05, 4.69) is 26.8 Å². The van der Waals surface area contributed by atoms with Gasteiger partial charge in [-0.1, -0.05) is 52.7 Å². The number of rotatable bonds is 2. The molecule has 0 aliphatic carbocycles. The predicted molar refractivity (Wildman–Crippen MR) is 113 cm³/mol. The summed E-state index contributed by atoms with van der Waals surface area (Å²) in [4.78, 5) is 0. The van der Waals surface area contributed by atoms with E-state index in [0.717, 1.165) is 21.9 Å². The second-order valence-corrected chi connectivity index (χ2v) is 8.07. The van der Waals surface area contributed by atoms with Crippen molar-refractivity contribution in [2.24, 2.45) is 7.05 Å². The van der Waals surface area contributed by atoms with Gasteiger partial charge in [0.1, 0.15) is 8.42 Å². The molecule has 3 rings (SSSR count). The van der Waals surface area contributed by atoms with E-state index in [1.54, 1.807) is 24.6 Å². The Morgan fingerprint density at radius 1 is 1.08 bits per heavy atom. The zero-order valence-electron chi connectivity index (χ0n) is 24.4. The van der Waals surface area contributed by atoms with Gasteiger partial charge in [-0.25, -0.2) is 4.57 Å². The van der Waals surface area contributed by atoms with Gasteiger partial charge in [0, 0.05) is 15.7 Å². The summed E-state index contributed by atoms with van der Waals surface area (Å²) in [5, 5.41) is 1.74. The number of fused-ring (bicyclic) bond motifs is 1. The van der Waals surface area contributed by atoms with Gasteiger partial charge in [-0.2, -0.15) is 0 Å². The molecule has 26 heavy (non-hydrogen) atoms. The van der Waals surface area contributed by atoms with Crippen LogP contribution < -0.4 is 4.57 Å². The lowest BCUT2D eigenvalue weighted by Gasteiger charge is -2.20. The molecule has 1 heteroatoms. The third-order valence-electron chi connectivity index (χ3n) is 5.13. The first-order valence-corrected chi connectivity index (χ1v) is 8.86. The van der Waals surface area contributed by atoms with Crippen LogP contribution in [0.15, 0.2) is 42.6 Å². The first-order valence-electron chi connectivity index (χ1n) is 12.9. The molecule has 3 aromatic rings. The summed E-state index contributed by atoms with van der Waals surface area (Å²) in [5.41, 5.74) is 3.79. The molecule has 1 nitrogen and oxygen atoms in total. The molecule has 0 unspecified atom stereocenters. The molecule has 0 amide bonds. The van der Waals surface area contributed by atoms with Crippen LogP contribution >= 0.6 is 0 Å². The van der Waals surface area contributed by atoms with Crippen molar-refractivity contribution >= 4 is 10.8 Å². The van der Waals surface area contributed by atoms with E-state index in [-0.39, 0.29) is 17.2 Å². The molecule has 1 heterocycles. The Bertz CT molecular complexity index is 1250. The van der Waals surface area contributed by atoms with Gasteiger partial charge in [0.15, 0.2) is 6.17 Å². The highest BCUT2D eigenvalue weighted by atomic mass is 14.9. The molecule has 136 valence electrons. The molecular formula is C25H32N+. The quantitative estimate of drug-likeness (QED) is 0.471. The highest BCUT2D eigenvalue weighted by Crippen LogP contribution is 2.34. The Labute approximate surface area is 169 Å². The van der Waals surface area contributed by atoms with Crippen molar-refractivity contribution in [1.82, 2.24) is 0 Å².